The van der Waals surface area contributed by atoms with Gasteiger partial charge in [-0.15, -0.1) is 0 Å². The lowest BCUT2D eigenvalue weighted by molar-refractivity contribution is 0.264. The Morgan fingerprint density at radius 2 is 2.22 bits per heavy atom. The normalized spacial score (nSPS) is 26.3. The average molecular weight is 284 g/mol. The van der Waals surface area contributed by atoms with Crippen LogP contribution in [0.4, 0.5) is 0 Å². The summed E-state index contributed by atoms with van der Waals surface area (Å²) in [5.74, 6) is 0. The standard InChI is InChI=1S/C12H11Cl2N3O/c1-8-12(18-8,5-17-7-15-6-16-17)10-3-2-9(13)4-11(10)14/h2-4,6-8H,5H2,1H3. The lowest BCUT2D eigenvalue weighted by Gasteiger charge is -2.14. The first kappa shape index (κ1) is 12.0. The van der Waals surface area contributed by atoms with Gasteiger partial charge in [-0.2, -0.15) is 5.10 Å². The van der Waals surface area contributed by atoms with Gasteiger partial charge in [-0.05, 0) is 19.1 Å². The molecule has 3 rings (SSSR count). The fourth-order valence-corrected chi connectivity index (χ4v) is 2.77. The molecule has 6 heteroatoms. The van der Waals surface area contributed by atoms with Gasteiger partial charge >= 0.3 is 0 Å². The minimum absolute atomic E-state index is 0.0976. The van der Waals surface area contributed by atoms with E-state index in [0.29, 0.717) is 16.6 Å². The maximum absolute atomic E-state index is 6.25. The lowest BCUT2D eigenvalue weighted by atomic mass is 9.96. The number of epoxide rings is 1. The number of ether oxygens (including phenoxy) is 1. The first-order chi connectivity index (χ1) is 8.62. The maximum atomic E-state index is 6.25. The van der Waals surface area contributed by atoms with Crippen molar-refractivity contribution < 1.29 is 4.74 Å². The average Bonchev–Trinajstić information content (AvgIpc) is 2.75. The summed E-state index contributed by atoms with van der Waals surface area (Å²) in [6, 6.07) is 5.46. The third-order valence-electron chi connectivity index (χ3n) is 3.24. The van der Waals surface area contributed by atoms with Crippen molar-refractivity contribution in [1.29, 1.82) is 0 Å². The summed E-state index contributed by atoms with van der Waals surface area (Å²) in [7, 11) is 0. The van der Waals surface area contributed by atoms with Crippen molar-refractivity contribution in [3.8, 4) is 0 Å². The van der Waals surface area contributed by atoms with E-state index in [1.54, 1.807) is 17.1 Å². The molecule has 94 valence electrons. The monoisotopic (exact) mass is 283 g/mol. The van der Waals surface area contributed by atoms with Crippen molar-refractivity contribution in [2.24, 2.45) is 0 Å². The highest BCUT2D eigenvalue weighted by molar-refractivity contribution is 6.35. The van der Waals surface area contributed by atoms with Crippen molar-refractivity contribution >= 4 is 23.2 Å². The Morgan fingerprint density at radius 1 is 1.44 bits per heavy atom. The second kappa shape index (κ2) is 4.23. The van der Waals surface area contributed by atoms with Crippen LogP contribution in [-0.2, 0) is 16.9 Å². The SMILES string of the molecule is CC1OC1(Cn1cncn1)c1ccc(Cl)cc1Cl. The minimum atomic E-state index is -0.421. The molecule has 0 amide bonds. The zero-order valence-electron chi connectivity index (χ0n) is 9.68. The summed E-state index contributed by atoms with van der Waals surface area (Å²) in [4.78, 5) is 3.93. The maximum Gasteiger partial charge on any atom is 0.140 e. The first-order valence-electron chi connectivity index (χ1n) is 5.57. The van der Waals surface area contributed by atoms with Crippen LogP contribution >= 0.6 is 23.2 Å². The molecule has 18 heavy (non-hydrogen) atoms. The van der Waals surface area contributed by atoms with Crippen molar-refractivity contribution in [2.45, 2.75) is 25.2 Å². The van der Waals surface area contributed by atoms with Crippen molar-refractivity contribution in [2.75, 3.05) is 0 Å². The fourth-order valence-electron chi connectivity index (χ4n) is 2.20. The van der Waals surface area contributed by atoms with Gasteiger partial charge in [-0.3, -0.25) is 0 Å². The van der Waals surface area contributed by atoms with Gasteiger partial charge in [0.2, 0.25) is 0 Å². The summed E-state index contributed by atoms with van der Waals surface area (Å²) >= 11 is 12.2. The topological polar surface area (TPSA) is 43.2 Å². The summed E-state index contributed by atoms with van der Waals surface area (Å²) < 4.78 is 7.51. The van der Waals surface area contributed by atoms with Crippen molar-refractivity contribution in [1.82, 2.24) is 14.8 Å². The van der Waals surface area contributed by atoms with E-state index < -0.39 is 5.60 Å². The predicted octanol–water partition coefficient (Wildman–Crippen LogP) is 2.90. The molecule has 0 radical (unpaired) electrons. The summed E-state index contributed by atoms with van der Waals surface area (Å²) in [5, 5.41) is 5.34. The van der Waals surface area contributed by atoms with Crippen LogP contribution in [0.2, 0.25) is 10.0 Å². The van der Waals surface area contributed by atoms with Crippen LogP contribution in [0.25, 0.3) is 0 Å². The Balaban J connectivity index is 1.97. The molecular formula is C12H11Cl2N3O. The van der Waals surface area contributed by atoms with Crippen LogP contribution in [-0.4, -0.2) is 20.9 Å². The zero-order chi connectivity index (χ0) is 12.8. The Labute approximate surface area is 114 Å². The highest BCUT2D eigenvalue weighted by atomic mass is 35.5. The van der Waals surface area contributed by atoms with Crippen LogP contribution in [0.5, 0.6) is 0 Å². The molecule has 0 bridgehead atoms. The molecule has 2 atom stereocenters. The van der Waals surface area contributed by atoms with E-state index in [-0.39, 0.29) is 6.10 Å². The highest BCUT2D eigenvalue weighted by Gasteiger charge is 2.56. The third kappa shape index (κ3) is 1.90. The summed E-state index contributed by atoms with van der Waals surface area (Å²) in [6.07, 6.45) is 3.27. The molecule has 2 aromatic rings. The molecule has 1 aliphatic heterocycles. The van der Waals surface area contributed by atoms with E-state index >= 15 is 0 Å². The van der Waals surface area contributed by atoms with Gasteiger partial charge in [0.25, 0.3) is 0 Å². The second-order valence-electron chi connectivity index (χ2n) is 4.37. The number of hydrogen-bond acceptors (Lipinski definition) is 3. The van der Waals surface area contributed by atoms with Crippen LogP contribution in [0.3, 0.4) is 0 Å². The van der Waals surface area contributed by atoms with Crippen LogP contribution in [0.15, 0.2) is 30.9 Å². The molecule has 1 aromatic heterocycles. The van der Waals surface area contributed by atoms with Gasteiger partial charge in [0.05, 0.1) is 12.6 Å². The number of benzene rings is 1. The number of aromatic nitrogens is 3. The van der Waals surface area contributed by atoms with Gasteiger partial charge in [0.15, 0.2) is 0 Å². The number of nitrogens with zero attached hydrogens (tertiary/aromatic N) is 3. The second-order valence-corrected chi connectivity index (χ2v) is 5.21. The molecule has 2 unspecified atom stereocenters. The lowest BCUT2D eigenvalue weighted by Crippen LogP contribution is -2.21. The first-order valence-corrected chi connectivity index (χ1v) is 6.33. The van der Waals surface area contributed by atoms with Crippen molar-refractivity contribution in [3.05, 3.63) is 46.5 Å². The van der Waals surface area contributed by atoms with Gasteiger partial charge in [-0.1, -0.05) is 29.3 Å². The van der Waals surface area contributed by atoms with E-state index in [1.165, 1.54) is 6.33 Å². The van der Waals surface area contributed by atoms with E-state index in [1.807, 2.05) is 19.1 Å². The van der Waals surface area contributed by atoms with E-state index in [0.717, 1.165) is 5.56 Å². The molecule has 0 spiro atoms. The van der Waals surface area contributed by atoms with Crippen LogP contribution in [0, 0.1) is 0 Å². The van der Waals surface area contributed by atoms with E-state index in [9.17, 15) is 0 Å². The molecule has 2 heterocycles. The Kier molecular flexibility index (Phi) is 2.81. The minimum Gasteiger partial charge on any atom is -0.359 e. The molecule has 1 saturated heterocycles. The molecule has 4 nitrogen and oxygen atoms in total. The molecule has 0 aliphatic carbocycles. The zero-order valence-corrected chi connectivity index (χ0v) is 11.2. The summed E-state index contributed by atoms with van der Waals surface area (Å²) in [6.45, 7) is 2.61. The molecule has 0 N–H and O–H groups in total. The summed E-state index contributed by atoms with van der Waals surface area (Å²) in [5.41, 5.74) is 0.520. The highest BCUT2D eigenvalue weighted by Crippen LogP contribution is 2.49. The van der Waals surface area contributed by atoms with Crippen molar-refractivity contribution in [3.63, 3.8) is 0 Å². The van der Waals surface area contributed by atoms with Gasteiger partial charge in [0, 0.05) is 15.6 Å². The molecule has 1 aliphatic rings. The Hall–Kier alpha value is -1.10. The number of rotatable bonds is 3. The number of halogens is 2. The van der Waals surface area contributed by atoms with E-state index in [2.05, 4.69) is 10.1 Å². The fraction of sp³-hybridized carbons (Fsp3) is 0.333. The molecule has 1 aromatic carbocycles. The van der Waals surface area contributed by atoms with Crippen LogP contribution in [0.1, 0.15) is 12.5 Å². The predicted molar refractivity (Wildman–Crippen MR) is 68.7 cm³/mol. The van der Waals surface area contributed by atoms with Gasteiger partial charge < -0.3 is 4.74 Å². The quantitative estimate of drug-likeness (QED) is 0.814. The largest absolute Gasteiger partial charge is 0.359 e. The van der Waals surface area contributed by atoms with Gasteiger partial charge in [-0.25, -0.2) is 9.67 Å². The molecule has 1 fully saturated rings. The molecular weight excluding hydrogens is 273 g/mol. The van der Waals surface area contributed by atoms with E-state index in [4.69, 9.17) is 27.9 Å². The smallest absolute Gasteiger partial charge is 0.140 e. The van der Waals surface area contributed by atoms with Crippen LogP contribution < -0.4 is 0 Å². The third-order valence-corrected chi connectivity index (χ3v) is 3.78. The van der Waals surface area contributed by atoms with Gasteiger partial charge in [0.1, 0.15) is 18.3 Å². The Bertz CT molecular complexity index is 573. The molecule has 0 saturated carbocycles. The number of hydrogen-bond donors (Lipinski definition) is 0. The Morgan fingerprint density at radius 3 is 2.78 bits per heavy atom.